The third-order valence-electron chi connectivity index (χ3n) is 2.43. The zero-order chi connectivity index (χ0) is 11.1. The van der Waals surface area contributed by atoms with Gasteiger partial charge in [0.15, 0.2) is 0 Å². The molecule has 0 heterocycles. The Morgan fingerprint density at radius 3 is 2.14 bits per heavy atom. The average Bonchev–Trinajstić information content (AvgIpc) is 2.10. The Morgan fingerprint density at radius 1 is 1.36 bits per heavy atom. The summed E-state index contributed by atoms with van der Waals surface area (Å²) in [7, 11) is 0.755. The minimum absolute atomic E-state index is 0.236. The molecule has 0 aliphatic carbocycles. The van der Waals surface area contributed by atoms with Gasteiger partial charge in [0.05, 0.1) is 6.10 Å². The smallest absolute Gasteiger partial charge is 0.146 e. The van der Waals surface area contributed by atoms with Gasteiger partial charge in [-0.1, -0.05) is 24.3 Å². The Labute approximate surface area is 90.8 Å². The fourth-order valence-corrected chi connectivity index (χ4v) is 2.30. The van der Waals surface area contributed by atoms with E-state index in [0.29, 0.717) is 5.92 Å². The Balaban J connectivity index is 4.42. The minimum Gasteiger partial charge on any atom is -0.424 e. The van der Waals surface area contributed by atoms with Crippen LogP contribution in [0.3, 0.4) is 0 Å². The van der Waals surface area contributed by atoms with Crippen LogP contribution in [-0.4, -0.2) is 23.1 Å². The maximum atomic E-state index is 5.60. The zero-order valence-electron chi connectivity index (χ0n) is 9.68. The predicted octanol–water partition coefficient (Wildman–Crippen LogP) is 1.16. The van der Waals surface area contributed by atoms with E-state index in [2.05, 4.69) is 13.2 Å². The van der Waals surface area contributed by atoms with Crippen molar-refractivity contribution in [2.75, 3.05) is 6.54 Å². The molecule has 0 aromatic heterocycles. The normalized spacial score (nSPS) is 13.1. The summed E-state index contributed by atoms with van der Waals surface area (Å²) in [5.41, 5.74) is 7.76. The monoisotopic (exact) mass is 213 g/mol. The van der Waals surface area contributed by atoms with E-state index in [4.69, 9.17) is 10.2 Å². The van der Waals surface area contributed by atoms with E-state index in [1.807, 2.05) is 13.8 Å². The van der Waals surface area contributed by atoms with Gasteiger partial charge in [0.25, 0.3) is 0 Å². The van der Waals surface area contributed by atoms with Crippen molar-refractivity contribution in [2.45, 2.75) is 32.8 Å². The van der Waals surface area contributed by atoms with Crippen molar-refractivity contribution in [1.29, 1.82) is 0 Å². The molecule has 82 valence electrons. The van der Waals surface area contributed by atoms with Crippen molar-refractivity contribution >= 4 is 10.5 Å². The third kappa shape index (κ3) is 4.22. The molecule has 3 heteroatoms. The molecule has 0 bridgehead atoms. The minimum atomic E-state index is 0.236. The highest BCUT2D eigenvalue weighted by Gasteiger charge is 2.21. The largest absolute Gasteiger partial charge is 0.424 e. The molecule has 1 unspecified atom stereocenters. The summed E-state index contributed by atoms with van der Waals surface area (Å²) in [5, 5.41) is 0. The summed E-state index contributed by atoms with van der Waals surface area (Å²) in [5.74, 6) is 0.291. The lowest BCUT2D eigenvalue weighted by atomic mass is 9.87. The summed E-state index contributed by atoms with van der Waals surface area (Å²) in [6.07, 6.45) is 2.24. The van der Waals surface area contributed by atoms with Gasteiger partial charge >= 0.3 is 0 Å². The third-order valence-corrected chi connectivity index (χ3v) is 3.03. The zero-order valence-corrected chi connectivity index (χ0v) is 11.7. The molecule has 0 aliphatic rings. The first-order chi connectivity index (χ1) is 6.54. The van der Waals surface area contributed by atoms with Gasteiger partial charge in [0.1, 0.15) is 10.5 Å². The molecule has 0 aromatic rings. The van der Waals surface area contributed by atoms with E-state index >= 15 is 0 Å². The van der Waals surface area contributed by atoms with Crippen molar-refractivity contribution in [3.05, 3.63) is 24.3 Å². The fourth-order valence-electron chi connectivity index (χ4n) is 1.79. The Morgan fingerprint density at radius 2 is 1.86 bits per heavy atom. The molecule has 14 heavy (non-hydrogen) atoms. The molecule has 2 N–H and O–H groups in total. The molecule has 0 saturated heterocycles. The van der Waals surface area contributed by atoms with E-state index in [0.717, 1.165) is 41.0 Å². The number of rotatable bonds is 7. The second kappa shape index (κ2) is 6.98. The number of nitrogens with two attached hydrogens (primary N) is 1. The average molecular weight is 213 g/mol. The van der Waals surface area contributed by atoms with Crippen LogP contribution in [0.5, 0.6) is 0 Å². The van der Waals surface area contributed by atoms with E-state index < -0.39 is 0 Å². The van der Waals surface area contributed by atoms with E-state index in [-0.39, 0.29) is 6.10 Å². The van der Waals surface area contributed by atoms with Crippen LogP contribution in [0.1, 0.15) is 26.7 Å². The molecule has 2 nitrogen and oxygen atoms in total. The fraction of sp³-hybridized carbons (Fsp3) is 0.636. The standard InChI is InChI=1S/C11H23NOSi/c1-8(2)11(9(3)4)10(13-14)6-5-7-12/h10-11H,1,3,5-7,12H2,2,4,14H3. The highest BCUT2D eigenvalue weighted by Crippen LogP contribution is 2.25. The van der Waals surface area contributed by atoms with Crippen molar-refractivity contribution in [3.63, 3.8) is 0 Å². The van der Waals surface area contributed by atoms with E-state index in [1.165, 1.54) is 0 Å². The first-order valence-electron chi connectivity index (χ1n) is 5.08. The van der Waals surface area contributed by atoms with Crippen LogP contribution in [0.25, 0.3) is 0 Å². The van der Waals surface area contributed by atoms with E-state index in [9.17, 15) is 0 Å². The Hall–Kier alpha value is -0.383. The van der Waals surface area contributed by atoms with E-state index in [1.54, 1.807) is 0 Å². The second-order valence-corrected chi connectivity index (χ2v) is 4.35. The molecule has 0 aliphatic heterocycles. The van der Waals surface area contributed by atoms with Gasteiger partial charge in [-0.3, -0.25) is 0 Å². The summed E-state index contributed by atoms with van der Waals surface area (Å²) < 4.78 is 5.60. The molecule has 0 aromatic carbocycles. The first-order valence-corrected chi connectivity index (χ1v) is 5.89. The number of hydrogen-bond acceptors (Lipinski definition) is 2. The van der Waals surface area contributed by atoms with Gasteiger partial charge in [-0.05, 0) is 33.2 Å². The van der Waals surface area contributed by atoms with Crippen molar-refractivity contribution in [1.82, 2.24) is 0 Å². The Kier molecular flexibility index (Phi) is 6.79. The molecule has 0 radical (unpaired) electrons. The highest BCUT2D eigenvalue weighted by molar-refractivity contribution is 5.98. The topological polar surface area (TPSA) is 35.2 Å². The van der Waals surface area contributed by atoms with Gasteiger partial charge in [0.2, 0.25) is 0 Å². The van der Waals surface area contributed by atoms with Crippen LogP contribution >= 0.6 is 0 Å². The van der Waals surface area contributed by atoms with Crippen LogP contribution in [-0.2, 0) is 4.43 Å². The van der Waals surface area contributed by atoms with Crippen molar-refractivity contribution in [2.24, 2.45) is 11.7 Å². The lowest BCUT2D eigenvalue weighted by Gasteiger charge is -2.27. The highest BCUT2D eigenvalue weighted by atomic mass is 28.2. The van der Waals surface area contributed by atoms with Gasteiger partial charge < -0.3 is 10.2 Å². The van der Waals surface area contributed by atoms with Gasteiger partial charge in [-0.2, -0.15) is 0 Å². The van der Waals surface area contributed by atoms with Crippen LogP contribution < -0.4 is 5.73 Å². The molecule has 0 amide bonds. The van der Waals surface area contributed by atoms with Gasteiger partial charge in [0, 0.05) is 5.92 Å². The summed E-state index contributed by atoms with van der Waals surface area (Å²) in [6.45, 7) is 12.8. The van der Waals surface area contributed by atoms with Crippen LogP contribution in [0.4, 0.5) is 0 Å². The van der Waals surface area contributed by atoms with Crippen LogP contribution in [0.2, 0.25) is 0 Å². The first kappa shape index (κ1) is 13.6. The molecule has 0 rings (SSSR count). The maximum Gasteiger partial charge on any atom is 0.146 e. The lowest BCUT2D eigenvalue weighted by Crippen LogP contribution is -2.25. The second-order valence-electron chi connectivity index (χ2n) is 3.88. The number of hydrogen-bond donors (Lipinski definition) is 1. The molecule has 1 atom stereocenters. The maximum absolute atomic E-state index is 5.60. The predicted molar refractivity (Wildman–Crippen MR) is 66.2 cm³/mol. The molecular formula is C11H23NOSi. The molecular weight excluding hydrogens is 190 g/mol. The summed E-state index contributed by atoms with van der Waals surface area (Å²) in [4.78, 5) is 0. The summed E-state index contributed by atoms with van der Waals surface area (Å²) >= 11 is 0. The van der Waals surface area contributed by atoms with Gasteiger partial charge in [-0.25, -0.2) is 0 Å². The molecule has 0 saturated carbocycles. The van der Waals surface area contributed by atoms with Gasteiger partial charge in [-0.15, -0.1) is 0 Å². The lowest BCUT2D eigenvalue weighted by molar-refractivity contribution is 0.170. The quantitative estimate of drug-likeness (QED) is 0.509. The Bertz CT molecular complexity index is 189. The molecule has 0 fully saturated rings. The van der Waals surface area contributed by atoms with Crippen LogP contribution in [0.15, 0.2) is 24.3 Å². The van der Waals surface area contributed by atoms with Crippen molar-refractivity contribution in [3.8, 4) is 0 Å². The summed E-state index contributed by atoms with van der Waals surface area (Å²) in [6, 6.07) is 0. The SMILES string of the molecule is C=C(C)C(C(=C)C)C(CCCN)O[SiH3]. The van der Waals surface area contributed by atoms with Crippen LogP contribution in [0, 0.1) is 5.92 Å². The molecule has 0 spiro atoms. The van der Waals surface area contributed by atoms with Crippen molar-refractivity contribution < 1.29 is 4.43 Å².